The third-order valence-corrected chi connectivity index (χ3v) is 4.55. The van der Waals surface area contributed by atoms with Crippen LogP contribution in [-0.4, -0.2) is 35.3 Å². The predicted molar refractivity (Wildman–Crippen MR) is 104 cm³/mol. The number of rotatable bonds is 4. The lowest BCUT2D eigenvalue weighted by molar-refractivity contribution is 0.0982. The quantitative estimate of drug-likeness (QED) is 0.905. The minimum atomic E-state index is -0.0370. The molecule has 1 aromatic heterocycles. The first-order chi connectivity index (χ1) is 11.6. The monoisotopic (exact) mass is 362 g/mol. The molecular weight excluding hydrogens is 336 g/mol. The van der Waals surface area contributed by atoms with Gasteiger partial charge in [-0.3, -0.25) is 9.48 Å². The SMILES string of the molecule is CCN(C(=O)c1ccn(C2CCCNC2)n1)c1cc(C)cc(C)c1.Cl. The van der Waals surface area contributed by atoms with Crippen molar-refractivity contribution in [2.45, 2.75) is 39.7 Å². The second-order valence-electron chi connectivity index (χ2n) is 6.58. The first-order valence-electron chi connectivity index (χ1n) is 8.74. The zero-order valence-corrected chi connectivity index (χ0v) is 16.0. The second kappa shape index (κ2) is 8.50. The Morgan fingerprint density at radius 1 is 1.32 bits per heavy atom. The summed E-state index contributed by atoms with van der Waals surface area (Å²) >= 11 is 0. The van der Waals surface area contributed by atoms with E-state index in [9.17, 15) is 4.79 Å². The van der Waals surface area contributed by atoms with E-state index < -0.39 is 0 Å². The molecule has 2 heterocycles. The van der Waals surface area contributed by atoms with Gasteiger partial charge in [0.25, 0.3) is 5.91 Å². The molecule has 0 radical (unpaired) electrons. The van der Waals surface area contributed by atoms with Crippen LogP contribution < -0.4 is 10.2 Å². The summed E-state index contributed by atoms with van der Waals surface area (Å²) in [4.78, 5) is 14.7. The second-order valence-corrected chi connectivity index (χ2v) is 6.58. The lowest BCUT2D eigenvalue weighted by atomic mass is 10.1. The lowest BCUT2D eigenvalue weighted by Gasteiger charge is -2.23. The van der Waals surface area contributed by atoms with Crippen LogP contribution in [0.1, 0.15) is 47.4 Å². The molecule has 1 N–H and O–H groups in total. The van der Waals surface area contributed by atoms with Crippen LogP contribution in [0, 0.1) is 13.8 Å². The fraction of sp³-hybridized carbons (Fsp3) is 0.474. The Morgan fingerprint density at radius 2 is 2.04 bits per heavy atom. The first kappa shape index (κ1) is 19.5. The van der Waals surface area contributed by atoms with E-state index in [4.69, 9.17) is 0 Å². The molecule has 1 amide bonds. The molecule has 1 fully saturated rings. The highest BCUT2D eigenvalue weighted by atomic mass is 35.5. The minimum absolute atomic E-state index is 0. The van der Waals surface area contributed by atoms with Crippen LogP contribution in [0.3, 0.4) is 0 Å². The van der Waals surface area contributed by atoms with Crippen molar-refractivity contribution in [3.05, 3.63) is 47.3 Å². The maximum absolute atomic E-state index is 12.9. The number of piperidine rings is 1. The zero-order valence-electron chi connectivity index (χ0n) is 15.2. The van der Waals surface area contributed by atoms with Gasteiger partial charge >= 0.3 is 0 Å². The molecule has 1 aromatic carbocycles. The molecule has 1 unspecified atom stereocenters. The van der Waals surface area contributed by atoms with Crippen molar-refractivity contribution in [3.8, 4) is 0 Å². The van der Waals surface area contributed by atoms with Crippen molar-refractivity contribution in [1.29, 1.82) is 0 Å². The van der Waals surface area contributed by atoms with E-state index in [0.717, 1.165) is 42.7 Å². The fourth-order valence-corrected chi connectivity index (χ4v) is 3.40. The van der Waals surface area contributed by atoms with E-state index in [0.29, 0.717) is 18.3 Å². The van der Waals surface area contributed by atoms with Crippen molar-refractivity contribution in [1.82, 2.24) is 15.1 Å². The van der Waals surface area contributed by atoms with Crippen LogP contribution >= 0.6 is 12.4 Å². The molecule has 1 atom stereocenters. The average molecular weight is 363 g/mol. The summed E-state index contributed by atoms with van der Waals surface area (Å²) in [7, 11) is 0. The van der Waals surface area contributed by atoms with Crippen LogP contribution in [0.15, 0.2) is 30.5 Å². The third kappa shape index (κ3) is 4.41. The van der Waals surface area contributed by atoms with Crippen LogP contribution in [-0.2, 0) is 0 Å². The molecule has 1 saturated heterocycles. The Bertz CT molecular complexity index is 702. The number of carbonyl (C=O) groups excluding carboxylic acids is 1. The Kier molecular flexibility index (Phi) is 6.62. The maximum atomic E-state index is 12.9. The van der Waals surface area contributed by atoms with Crippen LogP contribution in [0.4, 0.5) is 5.69 Å². The molecule has 2 aromatic rings. The van der Waals surface area contributed by atoms with Gasteiger partial charge in [-0.15, -0.1) is 12.4 Å². The van der Waals surface area contributed by atoms with E-state index in [1.807, 2.05) is 23.9 Å². The number of hydrogen-bond donors (Lipinski definition) is 1. The Balaban J connectivity index is 0.00000225. The Hall–Kier alpha value is -1.85. The van der Waals surface area contributed by atoms with Gasteiger partial charge in [0, 0.05) is 25.0 Å². The van der Waals surface area contributed by atoms with Crippen molar-refractivity contribution < 1.29 is 4.79 Å². The molecule has 5 nitrogen and oxygen atoms in total. The van der Waals surface area contributed by atoms with Gasteiger partial charge in [0.15, 0.2) is 5.69 Å². The first-order valence-corrected chi connectivity index (χ1v) is 8.74. The molecule has 0 spiro atoms. The number of amides is 1. The summed E-state index contributed by atoms with van der Waals surface area (Å²) in [5.74, 6) is -0.0370. The highest BCUT2D eigenvalue weighted by Crippen LogP contribution is 2.21. The van der Waals surface area contributed by atoms with Crippen molar-refractivity contribution in [2.24, 2.45) is 0 Å². The summed E-state index contributed by atoms with van der Waals surface area (Å²) in [6, 6.07) is 8.40. The van der Waals surface area contributed by atoms with Gasteiger partial charge in [-0.2, -0.15) is 5.10 Å². The van der Waals surface area contributed by atoms with Crippen LogP contribution in [0.25, 0.3) is 0 Å². The number of benzene rings is 1. The fourth-order valence-electron chi connectivity index (χ4n) is 3.40. The number of carbonyl (C=O) groups is 1. The van der Waals surface area contributed by atoms with Gasteiger partial charge in [-0.1, -0.05) is 6.07 Å². The predicted octanol–water partition coefficient (Wildman–Crippen LogP) is 3.51. The molecule has 136 valence electrons. The molecule has 0 saturated carbocycles. The van der Waals surface area contributed by atoms with E-state index in [-0.39, 0.29) is 18.3 Å². The molecule has 0 bridgehead atoms. The third-order valence-electron chi connectivity index (χ3n) is 4.55. The maximum Gasteiger partial charge on any atom is 0.278 e. The van der Waals surface area contributed by atoms with Gasteiger partial charge in [0.05, 0.1) is 6.04 Å². The van der Waals surface area contributed by atoms with Crippen LogP contribution in [0.2, 0.25) is 0 Å². The number of aryl methyl sites for hydroxylation is 2. The smallest absolute Gasteiger partial charge is 0.278 e. The average Bonchev–Trinajstić information content (AvgIpc) is 3.05. The van der Waals surface area contributed by atoms with E-state index in [1.165, 1.54) is 0 Å². The topological polar surface area (TPSA) is 50.2 Å². The standard InChI is InChI=1S/C19H26N4O.ClH/c1-4-22(17-11-14(2)10-15(3)12-17)19(24)18-7-9-23(21-18)16-6-5-8-20-13-16;/h7,9-12,16,20H,4-6,8,13H2,1-3H3;1H. The van der Waals surface area contributed by atoms with Crippen molar-refractivity contribution in [2.75, 3.05) is 24.5 Å². The number of aromatic nitrogens is 2. The highest BCUT2D eigenvalue weighted by Gasteiger charge is 2.21. The Labute approximate surface area is 155 Å². The van der Waals surface area contributed by atoms with Gasteiger partial charge < -0.3 is 10.2 Å². The largest absolute Gasteiger partial charge is 0.315 e. The number of halogens is 1. The van der Waals surface area contributed by atoms with Gasteiger partial charge in [0.2, 0.25) is 0 Å². The Morgan fingerprint density at radius 3 is 2.64 bits per heavy atom. The number of hydrogen-bond acceptors (Lipinski definition) is 3. The molecule has 6 heteroatoms. The van der Waals surface area contributed by atoms with Gasteiger partial charge in [-0.05, 0) is 69.5 Å². The van der Waals surface area contributed by atoms with Gasteiger partial charge in [-0.25, -0.2) is 0 Å². The summed E-state index contributed by atoms with van der Waals surface area (Å²) in [5, 5.41) is 7.95. The number of anilines is 1. The van der Waals surface area contributed by atoms with Gasteiger partial charge in [0.1, 0.15) is 0 Å². The molecule has 0 aliphatic carbocycles. The molecule has 25 heavy (non-hydrogen) atoms. The number of nitrogens with one attached hydrogen (secondary N) is 1. The van der Waals surface area contributed by atoms with Crippen LogP contribution in [0.5, 0.6) is 0 Å². The summed E-state index contributed by atoms with van der Waals surface area (Å²) in [6.45, 7) is 8.72. The summed E-state index contributed by atoms with van der Waals surface area (Å²) in [6.07, 6.45) is 4.19. The zero-order chi connectivity index (χ0) is 17.1. The molecular formula is C19H27ClN4O. The van der Waals surface area contributed by atoms with Crippen molar-refractivity contribution in [3.63, 3.8) is 0 Å². The van der Waals surface area contributed by atoms with E-state index in [1.54, 1.807) is 4.90 Å². The van der Waals surface area contributed by atoms with E-state index >= 15 is 0 Å². The minimum Gasteiger partial charge on any atom is -0.315 e. The highest BCUT2D eigenvalue weighted by molar-refractivity contribution is 6.04. The molecule has 1 aliphatic rings. The van der Waals surface area contributed by atoms with Crippen molar-refractivity contribution >= 4 is 24.0 Å². The van der Waals surface area contributed by atoms with E-state index in [2.05, 4.69) is 42.5 Å². The summed E-state index contributed by atoms with van der Waals surface area (Å²) < 4.78 is 1.94. The summed E-state index contributed by atoms with van der Waals surface area (Å²) in [5.41, 5.74) is 3.78. The lowest BCUT2D eigenvalue weighted by Crippen LogP contribution is -2.33. The normalized spacial score (nSPS) is 17.0. The number of nitrogens with zero attached hydrogens (tertiary/aromatic N) is 3. The molecule has 3 rings (SSSR count). The molecule has 1 aliphatic heterocycles.